The summed E-state index contributed by atoms with van der Waals surface area (Å²) in [5.74, 6) is 0. The van der Waals surface area contributed by atoms with Crippen molar-refractivity contribution < 1.29 is 0 Å². The van der Waals surface area contributed by atoms with Gasteiger partial charge < -0.3 is 0 Å². The summed E-state index contributed by atoms with van der Waals surface area (Å²) in [5, 5.41) is 8.76. The number of rotatable bonds is 2. The van der Waals surface area contributed by atoms with Gasteiger partial charge >= 0.3 is 0 Å². The van der Waals surface area contributed by atoms with E-state index in [1.54, 1.807) is 0 Å². The summed E-state index contributed by atoms with van der Waals surface area (Å²) in [6.07, 6.45) is 2.63. The van der Waals surface area contributed by atoms with Crippen LogP contribution in [0.5, 0.6) is 0 Å². The standard InChI is InChI=1S/C12H14N2/c13-9-11-4-3-5-12(8-11)10-14-6-1-2-7-14/h3-5,8H,1-2,6-7,10H2. The molecule has 0 atom stereocenters. The largest absolute Gasteiger partial charge is 0.299 e. The van der Waals surface area contributed by atoms with Crippen LogP contribution in [0.3, 0.4) is 0 Å². The van der Waals surface area contributed by atoms with Crippen LogP contribution in [0.2, 0.25) is 0 Å². The summed E-state index contributed by atoms with van der Waals surface area (Å²) >= 11 is 0. The van der Waals surface area contributed by atoms with Gasteiger partial charge in [0.25, 0.3) is 0 Å². The zero-order valence-corrected chi connectivity index (χ0v) is 8.24. The summed E-state index contributed by atoms with van der Waals surface area (Å²) in [4.78, 5) is 2.44. The monoisotopic (exact) mass is 186 g/mol. The molecule has 2 heteroatoms. The molecule has 0 aromatic heterocycles. The van der Waals surface area contributed by atoms with Gasteiger partial charge in [-0.1, -0.05) is 12.1 Å². The number of likely N-dealkylation sites (tertiary alicyclic amines) is 1. The molecule has 0 aliphatic carbocycles. The molecule has 1 aromatic carbocycles. The Morgan fingerprint density at radius 2 is 2.07 bits per heavy atom. The Morgan fingerprint density at radius 3 is 2.79 bits per heavy atom. The van der Waals surface area contributed by atoms with Crippen LogP contribution in [0.4, 0.5) is 0 Å². The second-order valence-corrected chi connectivity index (χ2v) is 3.80. The highest BCUT2D eigenvalue weighted by Crippen LogP contribution is 2.13. The molecule has 2 nitrogen and oxygen atoms in total. The fraction of sp³-hybridized carbons (Fsp3) is 0.417. The third-order valence-electron chi connectivity index (χ3n) is 2.66. The molecule has 72 valence electrons. The van der Waals surface area contributed by atoms with Crippen molar-refractivity contribution in [2.45, 2.75) is 19.4 Å². The SMILES string of the molecule is N#Cc1cccc(CN2CCCC2)c1. The summed E-state index contributed by atoms with van der Waals surface area (Å²) in [6.45, 7) is 3.41. The van der Waals surface area contributed by atoms with E-state index in [9.17, 15) is 0 Å². The molecule has 1 aromatic rings. The third-order valence-corrected chi connectivity index (χ3v) is 2.66. The molecule has 0 bridgehead atoms. The molecule has 0 unspecified atom stereocenters. The van der Waals surface area contributed by atoms with E-state index in [4.69, 9.17) is 5.26 Å². The maximum absolute atomic E-state index is 8.76. The Labute approximate surface area is 84.8 Å². The van der Waals surface area contributed by atoms with Crippen LogP contribution < -0.4 is 0 Å². The summed E-state index contributed by atoms with van der Waals surface area (Å²) in [7, 11) is 0. The minimum Gasteiger partial charge on any atom is -0.299 e. The molecule has 0 saturated carbocycles. The molecule has 1 heterocycles. The lowest BCUT2D eigenvalue weighted by molar-refractivity contribution is 0.331. The van der Waals surface area contributed by atoms with E-state index in [0.717, 1.165) is 12.1 Å². The zero-order valence-electron chi connectivity index (χ0n) is 8.24. The number of nitriles is 1. The normalized spacial score (nSPS) is 16.8. The fourth-order valence-corrected chi connectivity index (χ4v) is 1.94. The maximum atomic E-state index is 8.76. The quantitative estimate of drug-likeness (QED) is 0.707. The van der Waals surface area contributed by atoms with Crippen LogP contribution in [0.1, 0.15) is 24.0 Å². The zero-order chi connectivity index (χ0) is 9.80. The van der Waals surface area contributed by atoms with Gasteiger partial charge in [0.1, 0.15) is 0 Å². The molecule has 2 rings (SSSR count). The van der Waals surface area contributed by atoms with E-state index in [-0.39, 0.29) is 0 Å². The van der Waals surface area contributed by atoms with E-state index in [0.29, 0.717) is 0 Å². The molecule has 0 amide bonds. The van der Waals surface area contributed by atoms with Crippen molar-refractivity contribution in [3.63, 3.8) is 0 Å². The van der Waals surface area contributed by atoms with Crippen LogP contribution in [-0.2, 0) is 6.54 Å². The van der Waals surface area contributed by atoms with Gasteiger partial charge in [0, 0.05) is 6.54 Å². The smallest absolute Gasteiger partial charge is 0.0991 e. The van der Waals surface area contributed by atoms with Gasteiger partial charge in [0.2, 0.25) is 0 Å². The van der Waals surface area contributed by atoms with E-state index in [1.165, 1.54) is 31.5 Å². The van der Waals surface area contributed by atoms with Crippen LogP contribution in [-0.4, -0.2) is 18.0 Å². The molecular weight excluding hydrogens is 172 g/mol. The number of benzene rings is 1. The molecule has 14 heavy (non-hydrogen) atoms. The van der Waals surface area contributed by atoms with Gasteiger partial charge in [-0.3, -0.25) is 4.90 Å². The van der Waals surface area contributed by atoms with E-state index in [1.807, 2.05) is 18.2 Å². The van der Waals surface area contributed by atoms with Gasteiger partial charge in [-0.15, -0.1) is 0 Å². The first-order valence-corrected chi connectivity index (χ1v) is 5.10. The van der Waals surface area contributed by atoms with E-state index < -0.39 is 0 Å². The van der Waals surface area contributed by atoms with Crippen molar-refractivity contribution in [2.24, 2.45) is 0 Å². The van der Waals surface area contributed by atoms with Crippen molar-refractivity contribution in [1.29, 1.82) is 5.26 Å². The summed E-state index contributed by atoms with van der Waals surface area (Å²) in [6, 6.07) is 10.1. The second kappa shape index (κ2) is 4.26. The highest BCUT2D eigenvalue weighted by molar-refractivity contribution is 5.32. The summed E-state index contributed by atoms with van der Waals surface area (Å²) in [5.41, 5.74) is 2.02. The lowest BCUT2D eigenvalue weighted by Gasteiger charge is -2.14. The highest BCUT2D eigenvalue weighted by atomic mass is 15.1. The number of hydrogen-bond acceptors (Lipinski definition) is 2. The maximum Gasteiger partial charge on any atom is 0.0991 e. The van der Waals surface area contributed by atoms with Crippen LogP contribution in [0.25, 0.3) is 0 Å². The molecule has 1 saturated heterocycles. The lowest BCUT2D eigenvalue weighted by atomic mass is 10.1. The lowest BCUT2D eigenvalue weighted by Crippen LogP contribution is -2.18. The minimum atomic E-state index is 0.765. The first kappa shape index (κ1) is 9.23. The van der Waals surface area contributed by atoms with Crippen molar-refractivity contribution in [1.82, 2.24) is 4.90 Å². The molecule has 0 spiro atoms. The fourth-order valence-electron chi connectivity index (χ4n) is 1.94. The van der Waals surface area contributed by atoms with E-state index in [2.05, 4.69) is 17.0 Å². The molecular formula is C12H14N2. The number of hydrogen-bond donors (Lipinski definition) is 0. The molecule has 1 fully saturated rings. The first-order chi connectivity index (χ1) is 6.88. The van der Waals surface area contributed by atoms with Crippen molar-refractivity contribution in [2.75, 3.05) is 13.1 Å². The first-order valence-electron chi connectivity index (χ1n) is 5.10. The van der Waals surface area contributed by atoms with Crippen LogP contribution in [0.15, 0.2) is 24.3 Å². The van der Waals surface area contributed by atoms with Gasteiger partial charge in [-0.05, 0) is 43.6 Å². The number of nitrogens with zero attached hydrogens (tertiary/aromatic N) is 2. The Bertz CT molecular complexity index is 346. The van der Waals surface area contributed by atoms with E-state index >= 15 is 0 Å². The Balaban J connectivity index is 2.05. The van der Waals surface area contributed by atoms with Gasteiger partial charge in [-0.2, -0.15) is 5.26 Å². The average molecular weight is 186 g/mol. The second-order valence-electron chi connectivity index (χ2n) is 3.80. The summed E-state index contributed by atoms with van der Waals surface area (Å²) < 4.78 is 0. The Kier molecular flexibility index (Phi) is 2.81. The Hall–Kier alpha value is -1.33. The molecule has 1 aliphatic heterocycles. The van der Waals surface area contributed by atoms with Crippen LogP contribution in [0, 0.1) is 11.3 Å². The molecule has 1 aliphatic rings. The highest BCUT2D eigenvalue weighted by Gasteiger charge is 2.11. The van der Waals surface area contributed by atoms with Crippen molar-refractivity contribution >= 4 is 0 Å². The Morgan fingerprint density at radius 1 is 1.29 bits per heavy atom. The van der Waals surface area contributed by atoms with Crippen molar-refractivity contribution in [3.05, 3.63) is 35.4 Å². The topological polar surface area (TPSA) is 27.0 Å². The molecule has 0 N–H and O–H groups in total. The van der Waals surface area contributed by atoms with Gasteiger partial charge in [0.15, 0.2) is 0 Å². The predicted octanol–water partition coefficient (Wildman–Crippen LogP) is 2.15. The van der Waals surface area contributed by atoms with Crippen molar-refractivity contribution in [3.8, 4) is 6.07 Å². The molecule has 0 radical (unpaired) electrons. The van der Waals surface area contributed by atoms with Gasteiger partial charge in [0.05, 0.1) is 11.6 Å². The average Bonchev–Trinajstić information content (AvgIpc) is 2.71. The van der Waals surface area contributed by atoms with Crippen LogP contribution >= 0.6 is 0 Å². The third kappa shape index (κ3) is 2.12. The minimum absolute atomic E-state index is 0.765. The predicted molar refractivity (Wildman–Crippen MR) is 55.7 cm³/mol. The van der Waals surface area contributed by atoms with Gasteiger partial charge in [-0.25, -0.2) is 0 Å².